The Balaban J connectivity index is 1.43. The van der Waals surface area contributed by atoms with Crippen molar-refractivity contribution in [3.63, 3.8) is 0 Å². The Kier molecular flexibility index (Phi) is 4.59. The summed E-state index contributed by atoms with van der Waals surface area (Å²) in [7, 11) is -3.10. The molecule has 0 radical (unpaired) electrons. The summed E-state index contributed by atoms with van der Waals surface area (Å²) < 4.78 is 30.4. The van der Waals surface area contributed by atoms with E-state index in [0.29, 0.717) is 43.7 Å². The first kappa shape index (κ1) is 16.3. The molecule has 23 heavy (non-hydrogen) atoms. The van der Waals surface area contributed by atoms with Crippen LogP contribution in [0.2, 0.25) is 0 Å². The number of rotatable bonds is 6. The van der Waals surface area contributed by atoms with Crippen molar-refractivity contribution in [2.24, 2.45) is 5.92 Å². The summed E-state index contributed by atoms with van der Waals surface area (Å²) in [5.41, 5.74) is 0. The first-order valence-electron chi connectivity index (χ1n) is 7.99. The van der Waals surface area contributed by atoms with E-state index in [1.165, 1.54) is 10.4 Å². The minimum Gasteiger partial charge on any atom is -0.461 e. The van der Waals surface area contributed by atoms with Gasteiger partial charge in [0.15, 0.2) is 0 Å². The maximum absolute atomic E-state index is 11.7. The second-order valence-electron chi connectivity index (χ2n) is 6.25. The van der Waals surface area contributed by atoms with E-state index < -0.39 is 10.0 Å². The van der Waals surface area contributed by atoms with E-state index in [-0.39, 0.29) is 11.7 Å². The molecule has 6 nitrogen and oxygen atoms in total. The lowest BCUT2D eigenvalue weighted by Gasteiger charge is -2.13. The van der Waals surface area contributed by atoms with Crippen LogP contribution in [0.3, 0.4) is 0 Å². The molecular weight excluding hydrogens is 316 g/mol. The average Bonchev–Trinajstić information content (AvgIpc) is 2.92. The van der Waals surface area contributed by atoms with Gasteiger partial charge in [-0.3, -0.25) is 4.79 Å². The maximum atomic E-state index is 11.7. The van der Waals surface area contributed by atoms with Crippen LogP contribution in [0, 0.1) is 5.92 Å². The summed E-state index contributed by atoms with van der Waals surface area (Å²) in [5.74, 6) is 2.81. The first-order valence-corrected chi connectivity index (χ1v) is 9.60. The lowest BCUT2D eigenvalue weighted by molar-refractivity contribution is -0.116. The molecule has 3 rings (SSSR count). The van der Waals surface area contributed by atoms with Gasteiger partial charge in [-0.2, -0.15) is 0 Å². The monoisotopic (exact) mass is 338 g/mol. The van der Waals surface area contributed by atoms with Crippen molar-refractivity contribution in [2.45, 2.75) is 25.7 Å². The molecule has 1 aliphatic heterocycles. The summed E-state index contributed by atoms with van der Waals surface area (Å²) in [6.45, 7) is 3.37. The average molecular weight is 338 g/mol. The van der Waals surface area contributed by atoms with Gasteiger partial charge in [-0.05, 0) is 37.0 Å². The molecule has 2 fully saturated rings. The van der Waals surface area contributed by atoms with Gasteiger partial charge < -0.3 is 9.73 Å². The van der Waals surface area contributed by atoms with E-state index in [2.05, 4.69) is 12.2 Å². The molecule has 1 aliphatic carbocycles. The highest BCUT2D eigenvalue weighted by Crippen LogP contribution is 2.47. The Morgan fingerprint density at radius 2 is 2.26 bits per heavy atom. The molecule has 2 aliphatic rings. The van der Waals surface area contributed by atoms with Gasteiger partial charge in [-0.25, -0.2) is 12.7 Å². The van der Waals surface area contributed by atoms with E-state index in [9.17, 15) is 13.2 Å². The molecule has 1 N–H and O–H groups in total. The fourth-order valence-electron chi connectivity index (χ4n) is 2.84. The lowest BCUT2D eigenvalue weighted by Crippen LogP contribution is -2.35. The largest absolute Gasteiger partial charge is 0.461 e. The molecule has 0 unspecified atom stereocenters. The van der Waals surface area contributed by atoms with Gasteiger partial charge in [0.1, 0.15) is 11.5 Å². The highest BCUT2D eigenvalue weighted by molar-refractivity contribution is 7.89. The van der Waals surface area contributed by atoms with Crippen molar-refractivity contribution in [3.8, 4) is 0 Å². The van der Waals surface area contributed by atoms with Crippen molar-refractivity contribution in [1.29, 1.82) is 0 Å². The lowest BCUT2D eigenvalue weighted by atomic mass is 10.3. The molecule has 7 heteroatoms. The summed E-state index contributed by atoms with van der Waals surface area (Å²) >= 11 is 0. The van der Waals surface area contributed by atoms with Gasteiger partial charge in [0.05, 0.1) is 5.75 Å². The van der Waals surface area contributed by atoms with Gasteiger partial charge in [0.25, 0.3) is 0 Å². The second kappa shape index (κ2) is 6.49. The van der Waals surface area contributed by atoms with Crippen LogP contribution in [-0.4, -0.2) is 44.0 Å². The van der Waals surface area contributed by atoms with Crippen molar-refractivity contribution in [3.05, 3.63) is 29.7 Å². The molecule has 2 heterocycles. The zero-order valence-electron chi connectivity index (χ0n) is 13.2. The van der Waals surface area contributed by atoms with Gasteiger partial charge in [0, 0.05) is 31.6 Å². The summed E-state index contributed by atoms with van der Waals surface area (Å²) in [6, 6.07) is 3.82. The van der Waals surface area contributed by atoms with Crippen molar-refractivity contribution < 1.29 is 17.6 Å². The molecule has 0 spiro atoms. The third-order valence-corrected chi connectivity index (χ3v) is 6.34. The molecule has 2 atom stereocenters. The Bertz CT molecular complexity index is 707. The Labute approximate surface area is 136 Å². The van der Waals surface area contributed by atoms with Crippen molar-refractivity contribution in [2.75, 3.05) is 25.4 Å². The van der Waals surface area contributed by atoms with Crippen LogP contribution in [-0.2, 0) is 14.8 Å². The molecule has 1 aromatic heterocycles. The quantitative estimate of drug-likeness (QED) is 0.799. The molecule has 1 amide bonds. The zero-order valence-corrected chi connectivity index (χ0v) is 14.0. The highest BCUT2D eigenvalue weighted by Gasteiger charge is 2.36. The number of furan rings is 1. The third-order valence-electron chi connectivity index (χ3n) is 4.39. The highest BCUT2D eigenvalue weighted by atomic mass is 32.2. The van der Waals surface area contributed by atoms with E-state index in [1.54, 1.807) is 6.08 Å². The second-order valence-corrected chi connectivity index (χ2v) is 8.34. The normalized spacial score (nSPS) is 26.7. The van der Waals surface area contributed by atoms with Crippen LogP contribution >= 0.6 is 0 Å². The summed E-state index contributed by atoms with van der Waals surface area (Å²) in [6.07, 6.45) is 4.88. The fraction of sp³-hybridized carbons (Fsp3) is 0.562. The zero-order chi connectivity index (χ0) is 16.4. The standard InChI is InChI=1S/C16H22N2O4S/c1-12-11-14(12)15-5-3-13(22-15)4-6-16(19)17-7-9-18-8-2-10-23(18,20)21/h3-6,12,14H,2,7-11H2,1H3,(H,17,19)/b6-4-/t12-,14+/m1/s1. The fourth-order valence-corrected chi connectivity index (χ4v) is 4.37. The molecule has 1 aromatic rings. The van der Waals surface area contributed by atoms with E-state index in [0.717, 1.165) is 12.2 Å². The topological polar surface area (TPSA) is 79.6 Å². The Morgan fingerprint density at radius 1 is 1.48 bits per heavy atom. The molecule has 0 aromatic carbocycles. The molecule has 0 bridgehead atoms. The van der Waals surface area contributed by atoms with Gasteiger partial charge in [-0.15, -0.1) is 0 Å². The molecule has 1 saturated heterocycles. The van der Waals surface area contributed by atoms with E-state index in [1.807, 2.05) is 12.1 Å². The van der Waals surface area contributed by atoms with Gasteiger partial charge in [-0.1, -0.05) is 6.92 Å². The number of hydrogen-bond acceptors (Lipinski definition) is 4. The van der Waals surface area contributed by atoms with Crippen molar-refractivity contribution in [1.82, 2.24) is 9.62 Å². The van der Waals surface area contributed by atoms with Gasteiger partial charge in [0.2, 0.25) is 15.9 Å². The smallest absolute Gasteiger partial charge is 0.244 e. The van der Waals surface area contributed by atoms with E-state index in [4.69, 9.17) is 4.42 Å². The number of carbonyl (C=O) groups is 1. The Hall–Kier alpha value is -1.60. The molecule has 1 saturated carbocycles. The van der Waals surface area contributed by atoms with Crippen LogP contribution in [0.5, 0.6) is 0 Å². The van der Waals surface area contributed by atoms with Crippen molar-refractivity contribution >= 4 is 22.0 Å². The summed E-state index contributed by atoms with van der Waals surface area (Å²) in [5, 5.41) is 2.69. The van der Waals surface area contributed by atoms with Crippen LogP contribution in [0.4, 0.5) is 0 Å². The van der Waals surface area contributed by atoms with Crippen LogP contribution < -0.4 is 5.32 Å². The number of nitrogens with one attached hydrogen (secondary N) is 1. The predicted octanol–water partition coefficient (Wildman–Crippen LogP) is 1.57. The minimum atomic E-state index is -3.10. The number of amides is 1. The van der Waals surface area contributed by atoms with Crippen LogP contribution in [0.15, 0.2) is 22.6 Å². The van der Waals surface area contributed by atoms with Crippen LogP contribution in [0.1, 0.15) is 37.2 Å². The van der Waals surface area contributed by atoms with Crippen LogP contribution in [0.25, 0.3) is 6.08 Å². The predicted molar refractivity (Wildman–Crippen MR) is 87.3 cm³/mol. The van der Waals surface area contributed by atoms with E-state index >= 15 is 0 Å². The molecule has 126 valence electrons. The SMILES string of the molecule is C[C@@H]1C[C@@H]1c1ccc(/C=C\C(=O)NCCN2CCCS2(=O)=O)o1. The maximum Gasteiger partial charge on any atom is 0.244 e. The summed E-state index contributed by atoms with van der Waals surface area (Å²) in [4.78, 5) is 11.7. The molecular formula is C16H22N2O4S. The Morgan fingerprint density at radius 3 is 2.91 bits per heavy atom. The minimum absolute atomic E-state index is 0.210. The third kappa shape index (κ3) is 4.03. The number of carbonyl (C=O) groups excluding carboxylic acids is 1. The number of nitrogens with zero attached hydrogens (tertiary/aromatic N) is 1. The van der Waals surface area contributed by atoms with Gasteiger partial charge >= 0.3 is 0 Å². The number of sulfonamides is 1. The number of hydrogen-bond donors (Lipinski definition) is 1. The first-order chi connectivity index (χ1) is 11.0.